The first kappa shape index (κ1) is 14.4. The Morgan fingerprint density at radius 2 is 1.67 bits per heavy atom. The van der Waals surface area contributed by atoms with Gasteiger partial charge in [0.05, 0.1) is 0 Å². The summed E-state index contributed by atoms with van der Waals surface area (Å²) in [5.74, 6) is -3.04. The molecule has 0 bridgehead atoms. The summed E-state index contributed by atoms with van der Waals surface area (Å²) in [5.41, 5.74) is -0.624. The first-order chi connectivity index (χ1) is 7.77. The van der Waals surface area contributed by atoms with E-state index in [0.717, 1.165) is 0 Å². The van der Waals surface area contributed by atoms with Gasteiger partial charge in [0, 0.05) is 6.08 Å². The molecule has 1 aromatic rings. The number of aliphatic carboxylic acids is 1. The van der Waals surface area contributed by atoms with Gasteiger partial charge in [0.15, 0.2) is 0 Å². The minimum Gasteiger partial charge on any atom is -0.478 e. The molecule has 0 saturated heterocycles. The van der Waals surface area contributed by atoms with Crippen molar-refractivity contribution in [2.24, 2.45) is 0 Å². The number of carbonyl (C=O) groups is 1. The topological polar surface area (TPSA) is 37.3 Å². The summed E-state index contributed by atoms with van der Waals surface area (Å²) in [5, 5.41) is 8.23. The Kier molecular flexibility index (Phi) is 2.75. The van der Waals surface area contributed by atoms with Gasteiger partial charge in [0.25, 0.3) is 0 Å². The van der Waals surface area contributed by atoms with Gasteiger partial charge in [-0.15, -0.1) is 0 Å². The van der Waals surface area contributed by atoms with Crippen LogP contribution in [-0.2, 0) is 4.79 Å². The van der Waals surface area contributed by atoms with Crippen LogP contribution in [0, 0.1) is 5.82 Å². The maximum atomic E-state index is 12.8. The lowest BCUT2D eigenvalue weighted by Gasteiger charge is -2.40. The van der Waals surface area contributed by atoms with Crippen molar-refractivity contribution < 1.29 is 33.7 Å². The predicted molar refractivity (Wildman–Crippen MR) is 54.5 cm³/mol. The summed E-state index contributed by atoms with van der Waals surface area (Å²) in [6.45, 7) is 0. The molecule has 18 heavy (non-hydrogen) atoms. The minimum absolute atomic E-state index is 0.00985. The Morgan fingerprint density at radius 3 is 2.11 bits per heavy atom. The second-order valence-electron chi connectivity index (χ2n) is 3.36. The van der Waals surface area contributed by atoms with Gasteiger partial charge in [0.1, 0.15) is 10.7 Å². The highest BCUT2D eigenvalue weighted by Crippen LogP contribution is 3.02. The minimum atomic E-state index is -9.98. The van der Waals surface area contributed by atoms with Crippen molar-refractivity contribution >= 4 is 22.3 Å². The molecular formula is C9H6F6O2S. The molecular weight excluding hydrogens is 286 g/mol. The maximum absolute atomic E-state index is 12.8. The Hall–Kier alpha value is -1.64. The van der Waals surface area contributed by atoms with E-state index in [0.29, 0.717) is 18.2 Å². The summed E-state index contributed by atoms with van der Waals surface area (Å²) in [4.78, 5) is 7.72. The van der Waals surface area contributed by atoms with Crippen LogP contribution in [0.1, 0.15) is 5.56 Å². The summed E-state index contributed by atoms with van der Waals surface area (Å²) >= 11 is 0. The van der Waals surface area contributed by atoms with Gasteiger partial charge in [-0.05, 0) is 29.8 Å². The molecule has 0 aliphatic carbocycles. The van der Waals surface area contributed by atoms with Crippen molar-refractivity contribution in [3.63, 3.8) is 0 Å². The van der Waals surface area contributed by atoms with E-state index >= 15 is 0 Å². The summed E-state index contributed by atoms with van der Waals surface area (Å²) in [7, 11) is -9.98. The van der Waals surface area contributed by atoms with E-state index in [2.05, 4.69) is 0 Å². The third kappa shape index (κ3) is 3.99. The van der Waals surface area contributed by atoms with Gasteiger partial charge in [-0.3, -0.25) is 0 Å². The number of carboxylic acid groups (broad SMARTS) is 1. The molecule has 0 spiro atoms. The average Bonchev–Trinajstić information content (AvgIpc) is 2.10. The van der Waals surface area contributed by atoms with Crippen LogP contribution in [0.5, 0.6) is 0 Å². The van der Waals surface area contributed by atoms with Crippen LogP contribution < -0.4 is 0 Å². The highest BCUT2D eigenvalue weighted by Gasteiger charge is 2.65. The Labute approximate surface area is 97.3 Å². The normalized spacial score (nSPS) is 16.3. The SMILES string of the molecule is O=C(O)C=Cc1cc(F)cc(S(F)(F)(F)(F)F)c1. The van der Waals surface area contributed by atoms with Crippen LogP contribution >= 0.6 is 10.2 Å². The monoisotopic (exact) mass is 292 g/mol. The summed E-state index contributed by atoms with van der Waals surface area (Å²) < 4.78 is 74.8. The lowest BCUT2D eigenvalue weighted by Crippen LogP contribution is -2.06. The highest BCUT2D eigenvalue weighted by atomic mass is 32.5. The average molecular weight is 292 g/mol. The van der Waals surface area contributed by atoms with E-state index in [4.69, 9.17) is 5.11 Å². The van der Waals surface area contributed by atoms with E-state index < -0.39 is 32.5 Å². The Bertz CT molecular complexity index is 533. The van der Waals surface area contributed by atoms with Crippen molar-refractivity contribution in [2.75, 3.05) is 0 Å². The van der Waals surface area contributed by atoms with Crippen LogP contribution in [0.3, 0.4) is 0 Å². The van der Waals surface area contributed by atoms with Gasteiger partial charge in [-0.25, -0.2) is 9.18 Å². The molecule has 0 heterocycles. The molecule has 0 unspecified atom stereocenters. The molecule has 0 aliphatic rings. The molecule has 9 heteroatoms. The lowest BCUT2D eigenvalue weighted by atomic mass is 10.2. The standard InChI is InChI=1S/C9H6F6O2S/c10-7-3-6(1-2-9(16)17)4-8(5-7)18(11,12,13,14)15/h1-5H,(H,16,17). The molecule has 2 nitrogen and oxygen atoms in total. The third-order valence-electron chi connectivity index (χ3n) is 1.76. The molecule has 0 fully saturated rings. The number of benzene rings is 1. The van der Waals surface area contributed by atoms with Gasteiger partial charge in [0.2, 0.25) is 0 Å². The largest absolute Gasteiger partial charge is 0.478 e. The van der Waals surface area contributed by atoms with Gasteiger partial charge in [-0.2, -0.15) is 0 Å². The zero-order chi connectivity index (χ0) is 14.3. The molecule has 0 aliphatic heterocycles. The van der Waals surface area contributed by atoms with E-state index in [1.807, 2.05) is 0 Å². The van der Waals surface area contributed by atoms with Gasteiger partial charge >= 0.3 is 16.2 Å². The van der Waals surface area contributed by atoms with Crippen LogP contribution in [-0.4, -0.2) is 11.1 Å². The van der Waals surface area contributed by atoms with E-state index in [1.54, 1.807) is 0 Å². The summed E-state index contributed by atoms with van der Waals surface area (Å²) in [6, 6.07) is 0.163. The van der Waals surface area contributed by atoms with Crippen molar-refractivity contribution in [1.82, 2.24) is 0 Å². The molecule has 1 aromatic carbocycles. The fourth-order valence-corrected chi connectivity index (χ4v) is 1.76. The second kappa shape index (κ2) is 3.44. The molecule has 102 valence electrons. The fraction of sp³-hybridized carbons (Fsp3) is 0. The first-order valence-corrected chi connectivity index (χ1v) is 6.19. The number of hydrogen-bond acceptors (Lipinski definition) is 1. The van der Waals surface area contributed by atoms with Crippen molar-refractivity contribution in [1.29, 1.82) is 0 Å². The Balaban J connectivity index is 3.40. The number of hydrogen-bond donors (Lipinski definition) is 1. The Morgan fingerprint density at radius 1 is 1.11 bits per heavy atom. The second-order valence-corrected chi connectivity index (χ2v) is 5.77. The van der Waals surface area contributed by atoms with E-state index in [9.17, 15) is 28.6 Å². The van der Waals surface area contributed by atoms with E-state index in [1.165, 1.54) is 0 Å². The van der Waals surface area contributed by atoms with Crippen LogP contribution in [0.15, 0.2) is 29.2 Å². The fourth-order valence-electron chi connectivity index (χ4n) is 1.07. The zero-order valence-electron chi connectivity index (χ0n) is 8.42. The summed E-state index contributed by atoms with van der Waals surface area (Å²) in [6.07, 6.45) is 0.988. The third-order valence-corrected chi connectivity index (χ3v) is 2.88. The van der Waals surface area contributed by atoms with E-state index in [-0.39, 0.29) is 12.1 Å². The smallest absolute Gasteiger partial charge is 0.328 e. The predicted octanol–water partition coefficient (Wildman–Crippen LogP) is 4.58. The molecule has 1 N–H and O–H groups in total. The van der Waals surface area contributed by atoms with Gasteiger partial charge < -0.3 is 5.11 Å². The molecule has 1 rings (SSSR count). The van der Waals surface area contributed by atoms with Crippen LogP contribution in [0.25, 0.3) is 6.08 Å². The number of rotatable bonds is 3. The zero-order valence-corrected chi connectivity index (χ0v) is 9.23. The van der Waals surface area contributed by atoms with Gasteiger partial charge in [-0.1, -0.05) is 19.4 Å². The molecule has 0 radical (unpaired) electrons. The van der Waals surface area contributed by atoms with Crippen molar-refractivity contribution in [3.8, 4) is 0 Å². The lowest BCUT2D eigenvalue weighted by molar-refractivity contribution is -0.131. The van der Waals surface area contributed by atoms with Crippen molar-refractivity contribution in [2.45, 2.75) is 4.90 Å². The number of carboxylic acids is 1. The molecule has 0 aromatic heterocycles. The maximum Gasteiger partial charge on any atom is 0.328 e. The molecule has 0 amide bonds. The van der Waals surface area contributed by atoms with Crippen molar-refractivity contribution in [3.05, 3.63) is 35.7 Å². The molecule has 0 saturated carbocycles. The highest BCUT2D eigenvalue weighted by molar-refractivity contribution is 8.45. The quantitative estimate of drug-likeness (QED) is 0.654. The van der Waals surface area contributed by atoms with Crippen LogP contribution in [0.4, 0.5) is 23.8 Å². The number of halogens is 6. The molecule has 0 atom stereocenters. The first-order valence-electron chi connectivity index (χ1n) is 4.24. The van der Waals surface area contributed by atoms with Crippen LogP contribution in [0.2, 0.25) is 0 Å².